The van der Waals surface area contributed by atoms with Crippen LogP contribution in [-0.2, 0) is 0 Å². The summed E-state index contributed by atoms with van der Waals surface area (Å²) in [5, 5.41) is 13.4. The fraction of sp³-hybridized carbons (Fsp3) is 0.667. The van der Waals surface area contributed by atoms with Crippen LogP contribution in [0.15, 0.2) is 4.99 Å². The molecule has 1 atom stereocenters. The molecular weight excluding hydrogens is 110 g/mol. The first-order chi connectivity index (χ1) is 3.80. The molecule has 0 spiro atoms. The maximum atomic E-state index is 9.83. The molecule has 1 aliphatic heterocycles. The average molecular weight is 114 g/mol. The van der Waals surface area contributed by atoms with Gasteiger partial charge in [0.1, 0.15) is 12.9 Å². The minimum atomic E-state index is -0.810. The second-order valence-corrected chi connectivity index (χ2v) is 1.40. The number of nitro groups is 1. The average Bonchev–Trinajstić information content (AvgIpc) is 2.12. The molecule has 5 heteroatoms. The molecule has 1 aliphatic rings. The van der Waals surface area contributed by atoms with Gasteiger partial charge in [-0.15, -0.1) is 0 Å². The zero-order chi connectivity index (χ0) is 5.98. The van der Waals surface area contributed by atoms with Crippen LogP contribution in [-0.4, -0.2) is 24.0 Å². The van der Waals surface area contributed by atoms with Crippen LogP contribution in [0.3, 0.4) is 0 Å². The van der Waals surface area contributed by atoms with E-state index in [4.69, 9.17) is 0 Å². The molecule has 0 aliphatic carbocycles. The lowest BCUT2D eigenvalue weighted by Crippen LogP contribution is -2.19. The maximum absolute atomic E-state index is 9.83. The van der Waals surface area contributed by atoms with Gasteiger partial charge < -0.3 is 0 Å². The Balaban J connectivity index is 2.48. The predicted molar refractivity (Wildman–Crippen MR) is 26.3 cm³/mol. The van der Waals surface area contributed by atoms with E-state index in [1.54, 1.807) is 0 Å². The smallest absolute Gasteiger partial charge is 0.264 e. The molecule has 1 rings (SSSR count). The summed E-state index contributed by atoms with van der Waals surface area (Å²) in [6.07, 6.45) is 0.419. The highest BCUT2D eigenvalue weighted by Crippen LogP contribution is 1.93. The van der Waals surface area contributed by atoms with Crippen molar-refractivity contribution in [2.45, 2.75) is 6.17 Å². The summed E-state index contributed by atoms with van der Waals surface area (Å²) < 4.78 is 0. The van der Waals surface area contributed by atoms with E-state index in [0.717, 1.165) is 0 Å². The van der Waals surface area contributed by atoms with Gasteiger partial charge in [0.05, 0.1) is 0 Å². The Morgan fingerprint density at radius 2 is 2.62 bits per heavy atom. The molecule has 0 bridgehead atoms. The van der Waals surface area contributed by atoms with Gasteiger partial charge in [-0.05, 0) is 0 Å². The van der Waals surface area contributed by atoms with Crippen LogP contribution in [0.2, 0.25) is 0 Å². The van der Waals surface area contributed by atoms with Crippen molar-refractivity contribution in [3.8, 4) is 0 Å². The molecule has 0 aromatic heterocycles. The summed E-state index contributed by atoms with van der Waals surface area (Å²) in [6.45, 7) is 0.201. The predicted octanol–water partition coefficient (Wildman–Crippen LogP) is -0.764. The van der Waals surface area contributed by atoms with Gasteiger partial charge in [-0.2, -0.15) is 4.99 Å². The van der Waals surface area contributed by atoms with Gasteiger partial charge in [0.2, 0.25) is 0 Å². The Morgan fingerprint density at radius 1 is 1.88 bits per heavy atom. The van der Waals surface area contributed by atoms with E-state index < -0.39 is 11.1 Å². The standard InChI is InChI=1S/C3H4N3O2/c7-6(8)3-1-4-2-5-3/h2-3H,1H2. The molecule has 5 nitrogen and oxygen atoms in total. The second kappa shape index (κ2) is 1.77. The van der Waals surface area contributed by atoms with Crippen molar-refractivity contribution in [3.05, 3.63) is 10.1 Å². The van der Waals surface area contributed by atoms with Gasteiger partial charge in [0.25, 0.3) is 0 Å². The van der Waals surface area contributed by atoms with Crippen molar-refractivity contribution >= 4 is 6.34 Å². The highest BCUT2D eigenvalue weighted by atomic mass is 16.6. The third-order valence-electron chi connectivity index (χ3n) is 0.832. The van der Waals surface area contributed by atoms with Crippen molar-refractivity contribution in [2.75, 3.05) is 6.54 Å². The van der Waals surface area contributed by atoms with Crippen LogP contribution in [0.25, 0.3) is 0 Å². The Bertz CT molecular complexity index is 132. The normalized spacial score (nSPS) is 25.2. The summed E-state index contributed by atoms with van der Waals surface area (Å²) in [7, 11) is 0. The lowest BCUT2D eigenvalue weighted by Gasteiger charge is -1.91. The molecule has 1 heterocycles. The van der Waals surface area contributed by atoms with E-state index in [1.165, 1.54) is 6.34 Å². The molecule has 0 amide bonds. The van der Waals surface area contributed by atoms with E-state index >= 15 is 0 Å². The monoisotopic (exact) mass is 114 g/mol. The van der Waals surface area contributed by atoms with Crippen LogP contribution < -0.4 is 5.32 Å². The van der Waals surface area contributed by atoms with Crippen molar-refractivity contribution in [2.24, 2.45) is 4.99 Å². The van der Waals surface area contributed by atoms with Gasteiger partial charge in [0.15, 0.2) is 0 Å². The molecule has 1 unspecified atom stereocenters. The summed E-state index contributed by atoms with van der Waals surface area (Å²) in [5.41, 5.74) is 0. The van der Waals surface area contributed by atoms with Crippen molar-refractivity contribution in [1.82, 2.24) is 5.32 Å². The van der Waals surface area contributed by atoms with Crippen molar-refractivity contribution in [3.63, 3.8) is 0 Å². The molecule has 0 aromatic rings. The van der Waals surface area contributed by atoms with Gasteiger partial charge in [-0.25, -0.2) is 0 Å². The van der Waals surface area contributed by atoms with E-state index in [2.05, 4.69) is 10.3 Å². The van der Waals surface area contributed by atoms with Crippen molar-refractivity contribution in [1.29, 1.82) is 0 Å². The van der Waals surface area contributed by atoms with Crippen LogP contribution in [0.5, 0.6) is 0 Å². The van der Waals surface area contributed by atoms with Gasteiger partial charge in [-0.1, -0.05) is 0 Å². The highest BCUT2D eigenvalue weighted by Gasteiger charge is 2.20. The Labute approximate surface area is 45.6 Å². The molecule has 0 N–H and O–H groups in total. The fourth-order valence-corrected chi connectivity index (χ4v) is 0.434. The summed E-state index contributed by atoms with van der Waals surface area (Å²) in [4.78, 5) is 12.8. The number of hydrogen-bond donors (Lipinski definition) is 0. The SMILES string of the molecule is O=[N+]([O-])C1C[N]C=N1. The Morgan fingerprint density at radius 3 is 2.88 bits per heavy atom. The Kier molecular flexibility index (Phi) is 1.11. The third-order valence-corrected chi connectivity index (χ3v) is 0.832. The van der Waals surface area contributed by atoms with E-state index in [1.807, 2.05) is 0 Å². The lowest BCUT2D eigenvalue weighted by atomic mass is 10.6. The number of aliphatic imine (C=N–C) groups is 1. The van der Waals surface area contributed by atoms with Crippen LogP contribution in [0, 0.1) is 10.1 Å². The van der Waals surface area contributed by atoms with Gasteiger partial charge in [-0.3, -0.25) is 15.4 Å². The molecule has 1 radical (unpaired) electrons. The van der Waals surface area contributed by atoms with Gasteiger partial charge in [0, 0.05) is 4.92 Å². The maximum Gasteiger partial charge on any atom is 0.324 e. The third kappa shape index (κ3) is 0.749. The lowest BCUT2D eigenvalue weighted by molar-refractivity contribution is -0.516. The van der Waals surface area contributed by atoms with Crippen LogP contribution >= 0.6 is 0 Å². The van der Waals surface area contributed by atoms with E-state index in [9.17, 15) is 10.1 Å². The summed E-state index contributed by atoms with van der Waals surface area (Å²) in [5.74, 6) is 0. The first-order valence-corrected chi connectivity index (χ1v) is 2.12. The zero-order valence-electron chi connectivity index (χ0n) is 4.02. The van der Waals surface area contributed by atoms with Crippen LogP contribution in [0.1, 0.15) is 0 Å². The largest absolute Gasteiger partial charge is 0.324 e. The molecule has 0 aromatic carbocycles. The molecule has 43 valence electrons. The fourth-order valence-electron chi connectivity index (χ4n) is 0.434. The number of rotatable bonds is 1. The molecular formula is C3H4N3O2. The van der Waals surface area contributed by atoms with Gasteiger partial charge >= 0.3 is 6.17 Å². The second-order valence-electron chi connectivity index (χ2n) is 1.40. The first-order valence-electron chi connectivity index (χ1n) is 2.12. The molecule has 0 saturated carbocycles. The topological polar surface area (TPSA) is 69.6 Å². The highest BCUT2D eigenvalue weighted by molar-refractivity contribution is 5.56. The first kappa shape index (κ1) is 5.02. The van der Waals surface area contributed by atoms with Crippen molar-refractivity contribution < 1.29 is 4.92 Å². The number of nitrogens with zero attached hydrogens (tertiary/aromatic N) is 3. The summed E-state index contributed by atoms with van der Waals surface area (Å²) in [6, 6.07) is 0. The zero-order valence-corrected chi connectivity index (χ0v) is 4.02. The Hall–Kier alpha value is -1.13. The van der Waals surface area contributed by atoms with E-state index in [0.29, 0.717) is 0 Å². The number of hydrogen-bond acceptors (Lipinski definition) is 3. The molecule has 0 fully saturated rings. The van der Waals surface area contributed by atoms with E-state index in [-0.39, 0.29) is 6.54 Å². The minimum Gasteiger partial charge on any atom is -0.264 e. The quantitative estimate of drug-likeness (QED) is 0.332. The molecule has 8 heavy (non-hydrogen) atoms. The minimum absolute atomic E-state index is 0.201. The summed E-state index contributed by atoms with van der Waals surface area (Å²) >= 11 is 0. The molecule has 0 saturated heterocycles. The van der Waals surface area contributed by atoms with Crippen LogP contribution in [0.4, 0.5) is 0 Å².